The molecule has 0 saturated carbocycles. The molecule has 3 rings (SSSR count). The normalized spacial score (nSPS) is 22.1. The molecule has 44 heavy (non-hydrogen) atoms. The van der Waals surface area contributed by atoms with Crippen LogP contribution in [0.2, 0.25) is 0 Å². The van der Waals surface area contributed by atoms with Crippen LogP contribution in [0.4, 0.5) is 11.4 Å². The molecule has 0 unspecified atom stereocenters. The number of rotatable bonds is 4. The summed E-state index contributed by atoms with van der Waals surface area (Å²) in [7, 11) is 0. The van der Waals surface area contributed by atoms with Crippen LogP contribution in [0.25, 0.3) is 0 Å². The average molecular weight is 679 g/mol. The maximum Gasteiger partial charge on any atom is 0.269 e. The summed E-state index contributed by atoms with van der Waals surface area (Å²) in [5.41, 5.74) is 2.54. The third-order valence-corrected chi connectivity index (χ3v) is 13.9. The summed E-state index contributed by atoms with van der Waals surface area (Å²) in [6.07, 6.45) is 20.0. The molecule has 1 heterocycles. The highest BCUT2D eigenvalue weighted by atomic mass is 32.2. The third kappa shape index (κ3) is 15.3. The molecule has 10 heteroatoms. The second kappa shape index (κ2) is 23.0. The molecule has 0 atom stereocenters. The van der Waals surface area contributed by atoms with Crippen molar-refractivity contribution in [1.29, 1.82) is 0 Å². The number of hydrogen-bond acceptors (Lipinski definition) is 8. The average Bonchev–Trinajstić information content (AvgIpc) is 3.03. The van der Waals surface area contributed by atoms with Crippen LogP contribution < -0.4 is 0 Å². The van der Waals surface area contributed by atoms with Crippen LogP contribution in [0, 0.1) is 20.2 Å². The van der Waals surface area contributed by atoms with Gasteiger partial charge in [-0.1, -0.05) is 101 Å². The van der Waals surface area contributed by atoms with Crippen molar-refractivity contribution in [3.05, 3.63) is 79.9 Å². The van der Waals surface area contributed by atoms with Crippen molar-refractivity contribution >= 4 is 58.4 Å². The van der Waals surface area contributed by atoms with Crippen molar-refractivity contribution in [2.45, 2.75) is 112 Å². The lowest BCUT2D eigenvalue weighted by Crippen LogP contribution is -1.97. The number of non-ortho nitro benzene ring substituents is 2. The molecule has 1 fully saturated rings. The minimum atomic E-state index is -0.281. The fraction of sp³-hybridized carbons (Fsp3) is 0.647. The predicted octanol–water partition coefficient (Wildman–Crippen LogP) is 12.4. The van der Waals surface area contributed by atoms with Gasteiger partial charge in [-0.2, -0.15) is 0 Å². The lowest BCUT2D eigenvalue weighted by molar-refractivity contribution is -0.385. The Morgan fingerprint density at radius 2 is 0.727 bits per heavy atom. The Kier molecular flexibility index (Phi) is 19.4. The Morgan fingerprint density at radius 3 is 1.00 bits per heavy atom. The predicted molar refractivity (Wildman–Crippen MR) is 195 cm³/mol. The molecule has 0 bridgehead atoms. The zero-order valence-electron chi connectivity index (χ0n) is 26.1. The second-order valence-corrected chi connectivity index (χ2v) is 17.0. The minimum Gasteiger partial charge on any atom is -0.258 e. The maximum atomic E-state index is 11.3. The van der Waals surface area contributed by atoms with E-state index in [2.05, 4.69) is 12.1 Å². The number of thioether (sulfide) groups is 4. The summed E-state index contributed by atoms with van der Waals surface area (Å²) >= 11 is 7.84. The van der Waals surface area contributed by atoms with E-state index in [0.29, 0.717) is 0 Å². The van der Waals surface area contributed by atoms with Crippen LogP contribution in [0.1, 0.15) is 123 Å². The van der Waals surface area contributed by atoms with Gasteiger partial charge in [0.25, 0.3) is 11.4 Å². The van der Waals surface area contributed by atoms with Crippen molar-refractivity contribution in [3.63, 3.8) is 0 Å². The van der Waals surface area contributed by atoms with Crippen LogP contribution in [-0.2, 0) is 0 Å². The highest BCUT2D eigenvalue weighted by molar-refractivity contribution is 8.16. The molecule has 6 nitrogen and oxygen atoms in total. The molecule has 1 saturated heterocycles. The number of benzene rings is 2. The van der Waals surface area contributed by atoms with Crippen LogP contribution in [0.5, 0.6) is 0 Å². The van der Waals surface area contributed by atoms with E-state index < -0.39 is 0 Å². The van der Waals surface area contributed by atoms with Crippen LogP contribution in [0.15, 0.2) is 48.5 Å². The van der Waals surface area contributed by atoms with Crippen molar-refractivity contribution in [1.82, 2.24) is 0 Å². The van der Waals surface area contributed by atoms with E-state index in [9.17, 15) is 20.2 Å². The highest BCUT2D eigenvalue weighted by Gasteiger charge is 2.17. The molecular weight excluding hydrogens is 629 g/mol. The molecule has 244 valence electrons. The van der Waals surface area contributed by atoms with E-state index in [1.165, 1.54) is 103 Å². The van der Waals surface area contributed by atoms with Crippen LogP contribution >= 0.6 is 47.0 Å². The van der Waals surface area contributed by atoms with Gasteiger partial charge in [0, 0.05) is 24.3 Å². The third-order valence-electron chi connectivity index (χ3n) is 7.86. The topological polar surface area (TPSA) is 86.3 Å². The van der Waals surface area contributed by atoms with Gasteiger partial charge < -0.3 is 0 Å². The quantitative estimate of drug-likeness (QED) is 0.233. The fourth-order valence-corrected chi connectivity index (χ4v) is 11.0. The molecule has 0 radical (unpaired) electrons. The van der Waals surface area contributed by atoms with E-state index >= 15 is 0 Å². The van der Waals surface area contributed by atoms with Gasteiger partial charge in [-0.25, -0.2) is 0 Å². The van der Waals surface area contributed by atoms with Gasteiger partial charge in [0.1, 0.15) is 0 Å². The van der Waals surface area contributed by atoms with Gasteiger partial charge in [0.2, 0.25) is 0 Å². The Labute approximate surface area is 281 Å². The highest BCUT2D eigenvalue weighted by Crippen LogP contribution is 2.42. The van der Waals surface area contributed by atoms with Gasteiger partial charge in [0.05, 0.1) is 19.0 Å². The molecular formula is C34H50N2O4S4. The first-order chi connectivity index (χ1) is 21.5. The maximum absolute atomic E-state index is 11.3. The molecule has 2 aromatic carbocycles. The second-order valence-electron chi connectivity index (χ2n) is 11.5. The van der Waals surface area contributed by atoms with Gasteiger partial charge in [-0.05, 0) is 59.8 Å². The van der Waals surface area contributed by atoms with E-state index in [1.54, 1.807) is 24.3 Å². The molecule has 1 aliphatic heterocycles. The molecule has 0 amide bonds. The summed E-state index contributed by atoms with van der Waals surface area (Å²) in [6, 6.07) is 14.5. The molecule has 1 aliphatic rings. The monoisotopic (exact) mass is 678 g/mol. The number of hydrogen-bond donors (Lipinski definition) is 0. The lowest BCUT2D eigenvalue weighted by atomic mass is 10.1. The number of nitrogens with zero attached hydrogens (tertiary/aromatic N) is 2. The number of nitro benzene ring substituents is 2. The Morgan fingerprint density at radius 1 is 0.455 bits per heavy atom. The Hall–Kier alpha value is -1.36. The minimum absolute atomic E-state index is 0.194. The first-order valence-corrected chi connectivity index (χ1v) is 20.7. The standard InChI is InChI=1S/C34H50N2O4S4/c37-35(38)31-21-17-19-29(27-31)33-41-23-13-9-5-1-2-6-10-14-24-42-34(30-20-18-22-32(28-30)36(39)40)44-26-16-12-8-4-3-7-11-15-25-43-33/h17-22,27-28,33-34H,1-16,23-26H2. The lowest BCUT2D eigenvalue weighted by Gasteiger charge is -2.17. The zero-order chi connectivity index (χ0) is 31.2. The van der Waals surface area contributed by atoms with Gasteiger partial charge in [-0.15, -0.1) is 47.0 Å². The molecule has 0 spiro atoms. The summed E-state index contributed by atoms with van der Waals surface area (Å²) in [5.74, 6) is 4.39. The van der Waals surface area contributed by atoms with Crippen molar-refractivity contribution in [2.75, 3.05) is 23.0 Å². The first-order valence-electron chi connectivity index (χ1n) is 16.5. The summed E-state index contributed by atoms with van der Waals surface area (Å²) in [4.78, 5) is 22.1. The summed E-state index contributed by atoms with van der Waals surface area (Å²) in [6.45, 7) is 0. The van der Waals surface area contributed by atoms with Crippen LogP contribution in [-0.4, -0.2) is 32.9 Å². The molecule has 0 aliphatic carbocycles. The van der Waals surface area contributed by atoms with E-state index in [4.69, 9.17) is 0 Å². The van der Waals surface area contributed by atoms with Gasteiger partial charge >= 0.3 is 0 Å². The van der Waals surface area contributed by atoms with Crippen molar-refractivity contribution in [2.24, 2.45) is 0 Å². The van der Waals surface area contributed by atoms with Gasteiger partial charge in [-0.3, -0.25) is 20.2 Å². The summed E-state index contributed by atoms with van der Waals surface area (Å²) in [5, 5.41) is 22.7. The fourth-order valence-electron chi connectivity index (χ4n) is 5.34. The molecule has 0 aromatic heterocycles. The molecule has 0 N–H and O–H groups in total. The van der Waals surface area contributed by atoms with E-state index in [-0.39, 0.29) is 30.4 Å². The first kappa shape index (κ1) is 37.1. The number of nitro groups is 2. The largest absolute Gasteiger partial charge is 0.269 e. The smallest absolute Gasteiger partial charge is 0.258 e. The SMILES string of the molecule is O=[N+]([O-])c1cccc(C2SCCCCCCCCCCSC(c3cccc([N+](=O)[O-])c3)SCCCCCCCCCCS2)c1. The van der Waals surface area contributed by atoms with E-state index in [0.717, 1.165) is 34.1 Å². The molecule has 2 aromatic rings. The zero-order valence-corrected chi connectivity index (χ0v) is 29.3. The Balaban J connectivity index is 1.47. The summed E-state index contributed by atoms with van der Waals surface area (Å²) < 4.78 is 0.529. The van der Waals surface area contributed by atoms with Crippen molar-refractivity contribution in [3.8, 4) is 0 Å². The Bertz CT molecular complexity index is 993. The van der Waals surface area contributed by atoms with Crippen molar-refractivity contribution < 1.29 is 9.85 Å². The van der Waals surface area contributed by atoms with Gasteiger partial charge in [0.15, 0.2) is 0 Å². The van der Waals surface area contributed by atoms with E-state index in [1.807, 2.05) is 59.2 Å². The van der Waals surface area contributed by atoms with Crippen LogP contribution in [0.3, 0.4) is 0 Å².